The van der Waals surface area contributed by atoms with E-state index in [1.807, 2.05) is 0 Å². The van der Waals surface area contributed by atoms with Gasteiger partial charge >= 0.3 is 16.8 Å². The van der Waals surface area contributed by atoms with E-state index in [4.69, 9.17) is 16.1 Å². The first-order chi connectivity index (χ1) is 13.7. The number of hydrogen-bond acceptors (Lipinski definition) is 4. The second kappa shape index (κ2) is 8.34. The van der Waals surface area contributed by atoms with Crippen LogP contribution in [0.25, 0.3) is 5.69 Å². The number of halogens is 4. The molecule has 29 heavy (non-hydrogen) atoms. The number of hydrogen-bond donors (Lipinski definition) is 2. The van der Waals surface area contributed by atoms with Crippen LogP contribution in [0.4, 0.5) is 18.9 Å². The van der Waals surface area contributed by atoms with E-state index in [1.165, 1.54) is 11.6 Å². The number of nitrogens with zero attached hydrogens (tertiary/aromatic N) is 1. The Morgan fingerprint density at radius 3 is 2.59 bits per heavy atom. The largest absolute Gasteiger partial charge is 0.442 e. The predicted octanol–water partition coefficient (Wildman–Crippen LogP) is 4.04. The highest BCUT2D eigenvalue weighted by atomic mass is 35.5. The average Bonchev–Trinajstić information content (AvgIpc) is 3.03. The summed E-state index contributed by atoms with van der Waals surface area (Å²) < 4.78 is 44.8. The molecule has 0 saturated heterocycles. The molecule has 0 spiro atoms. The molecule has 2 aromatic carbocycles. The van der Waals surface area contributed by atoms with E-state index < -0.39 is 28.5 Å². The number of anilines is 1. The summed E-state index contributed by atoms with van der Waals surface area (Å²) in [5, 5.41) is 4.05. The molecule has 1 amide bonds. The van der Waals surface area contributed by atoms with Gasteiger partial charge in [-0.15, -0.1) is 0 Å². The molecule has 1 aromatic heterocycles. The Morgan fingerprint density at radius 1 is 1.24 bits per heavy atom. The van der Waals surface area contributed by atoms with E-state index in [2.05, 4.69) is 10.6 Å². The Bertz CT molecular complexity index is 1080. The van der Waals surface area contributed by atoms with Crippen LogP contribution in [0, 0.1) is 0 Å². The van der Waals surface area contributed by atoms with Gasteiger partial charge in [-0.05, 0) is 46.8 Å². The molecule has 0 aliphatic heterocycles. The van der Waals surface area contributed by atoms with Gasteiger partial charge in [-0.1, -0.05) is 29.8 Å². The quantitative estimate of drug-likeness (QED) is 0.460. The summed E-state index contributed by atoms with van der Waals surface area (Å²) in [7, 11) is 0. The van der Waals surface area contributed by atoms with Crippen molar-refractivity contribution in [2.24, 2.45) is 0 Å². The van der Waals surface area contributed by atoms with Crippen molar-refractivity contribution in [3.63, 3.8) is 0 Å². The van der Waals surface area contributed by atoms with Crippen LogP contribution in [0.3, 0.4) is 0 Å². The average molecular weight is 445 g/mol. The van der Waals surface area contributed by atoms with E-state index in [9.17, 15) is 22.8 Å². The Morgan fingerprint density at radius 2 is 1.93 bits per heavy atom. The van der Waals surface area contributed by atoms with Crippen LogP contribution in [0.2, 0.25) is 5.02 Å². The molecule has 0 fully saturated rings. The maximum atomic E-state index is 12.9. The standard InChI is InChI=1S/C18H13ClF3N3O3S/c1-10(15(26)23-14-9-11(18(20,21)22)7-8-13(14)19)29-16-17(27)28-24-25(16)12-5-3-2-4-6-12/h2-10H,1H3,(H-,23,24,26,27)/p+1. The van der Waals surface area contributed by atoms with Crippen molar-refractivity contribution in [2.75, 3.05) is 5.32 Å². The molecular weight excluding hydrogens is 431 g/mol. The monoisotopic (exact) mass is 444 g/mol. The maximum absolute atomic E-state index is 12.9. The minimum atomic E-state index is -4.57. The first-order valence-electron chi connectivity index (χ1n) is 8.20. The van der Waals surface area contributed by atoms with Gasteiger partial charge in [-0.3, -0.25) is 9.32 Å². The summed E-state index contributed by atoms with van der Waals surface area (Å²) >= 11 is 6.79. The van der Waals surface area contributed by atoms with Gasteiger partial charge < -0.3 is 5.32 Å². The van der Waals surface area contributed by atoms with E-state index >= 15 is 0 Å². The van der Waals surface area contributed by atoms with E-state index in [0.29, 0.717) is 5.69 Å². The zero-order valence-corrected chi connectivity index (χ0v) is 16.4. The highest BCUT2D eigenvalue weighted by Gasteiger charge is 2.32. The van der Waals surface area contributed by atoms with Crippen molar-refractivity contribution >= 4 is 35.0 Å². The molecule has 0 aliphatic rings. The second-order valence-corrected chi connectivity index (χ2v) is 7.64. The molecule has 1 atom stereocenters. The highest BCUT2D eigenvalue weighted by molar-refractivity contribution is 8.00. The molecule has 3 rings (SSSR count). The lowest BCUT2D eigenvalue weighted by molar-refractivity contribution is -0.704. The van der Waals surface area contributed by atoms with Crippen LogP contribution >= 0.6 is 23.4 Å². The molecule has 0 saturated carbocycles. The number of benzene rings is 2. The van der Waals surface area contributed by atoms with Gasteiger partial charge in [0.15, 0.2) is 0 Å². The SMILES string of the molecule is CC(Sc1c(=O)o[nH][n+]1-c1ccccc1)C(=O)Nc1cc(C(F)(F)F)ccc1Cl. The van der Waals surface area contributed by atoms with E-state index in [1.54, 1.807) is 30.3 Å². The minimum Gasteiger partial charge on any atom is -0.324 e. The number of H-pyrrole nitrogens is 1. The topological polar surface area (TPSA) is 79.0 Å². The number of thioether (sulfide) groups is 1. The van der Waals surface area contributed by atoms with Crippen LogP contribution < -0.4 is 15.6 Å². The summed E-state index contributed by atoms with van der Waals surface area (Å²) in [6, 6.07) is 11.4. The van der Waals surface area contributed by atoms with Crippen molar-refractivity contribution in [1.29, 1.82) is 0 Å². The molecule has 152 valence electrons. The third-order valence-corrected chi connectivity index (χ3v) is 5.30. The fourth-order valence-electron chi connectivity index (χ4n) is 2.36. The lowest BCUT2D eigenvalue weighted by Gasteiger charge is -2.13. The van der Waals surface area contributed by atoms with Gasteiger partial charge in [0.2, 0.25) is 11.6 Å². The summed E-state index contributed by atoms with van der Waals surface area (Å²) in [6.07, 6.45) is -4.57. The third kappa shape index (κ3) is 4.83. The predicted molar refractivity (Wildman–Crippen MR) is 101 cm³/mol. The number of rotatable bonds is 5. The Balaban J connectivity index is 1.80. The van der Waals surface area contributed by atoms with Crippen LogP contribution in [-0.4, -0.2) is 16.4 Å². The lowest BCUT2D eigenvalue weighted by atomic mass is 10.2. The first-order valence-corrected chi connectivity index (χ1v) is 9.46. The summed E-state index contributed by atoms with van der Waals surface area (Å²) in [6.45, 7) is 1.50. The molecule has 6 nitrogen and oxygen atoms in total. The number of carbonyl (C=O) groups is 1. The molecule has 1 unspecified atom stereocenters. The number of aromatic nitrogens is 2. The van der Waals surface area contributed by atoms with Crippen molar-refractivity contribution in [3.8, 4) is 5.69 Å². The van der Waals surface area contributed by atoms with Crippen LogP contribution in [-0.2, 0) is 11.0 Å². The van der Waals surface area contributed by atoms with Crippen molar-refractivity contribution in [1.82, 2.24) is 5.27 Å². The zero-order chi connectivity index (χ0) is 21.2. The number of amides is 1. The first kappa shape index (κ1) is 21.0. The molecule has 0 aliphatic carbocycles. The smallest absolute Gasteiger partial charge is 0.324 e. The molecule has 1 heterocycles. The number of nitrogens with one attached hydrogen (secondary N) is 2. The third-order valence-electron chi connectivity index (χ3n) is 3.83. The molecule has 11 heteroatoms. The Labute approximate surface area is 171 Å². The number of carbonyl (C=O) groups excluding carboxylic acids is 1. The van der Waals surface area contributed by atoms with Crippen molar-refractivity contribution in [2.45, 2.75) is 23.4 Å². The molecular formula is C18H14ClF3N3O3S+. The van der Waals surface area contributed by atoms with Gasteiger partial charge in [-0.2, -0.15) is 13.2 Å². The van der Waals surface area contributed by atoms with Crippen molar-refractivity contribution in [3.05, 3.63) is 69.5 Å². The van der Waals surface area contributed by atoms with Gasteiger partial charge in [0.05, 0.1) is 21.5 Å². The van der Waals surface area contributed by atoms with Crippen LogP contribution in [0.5, 0.6) is 0 Å². The number of alkyl halides is 3. The maximum Gasteiger partial charge on any atom is 0.442 e. The fourth-order valence-corrected chi connectivity index (χ4v) is 3.42. The Kier molecular flexibility index (Phi) is 6.04. The van der Waals surface area contributed by atoms with E-state index in [0.717, 1.165) is 30.0 Å². The summed E-state index contributed by atoms with van der Waals surface area (Å²) in [5.41, 5.74) is -1.19. The molecule has 0 bridgehead atoms. The van der Waals surface area contributed by atoms with Gasteiger partial charge in [0.25, 0.3) is 0 Å². The van der Waals surface area contributed by atoms with Crippen molar-refractivity contribution < 1.29 is 27.2 Å². The number of para-hydroxylation sites is 1. The summed E-state index contributed by atoms with van der Waals surface area (Å²) in [5.74, 6) is -0.628. The van der Waals surface area contributed by atoms with Crippen LogP contribution in [0.15, 0.2) is 62.9 Å². The van der Waals surface area contributed by atoms with Crippen LogP contribution in [0.1, 0.15) is 12.5 Å². The molecule has 2 N–H and O–H groups in total. The Hall–Kier alpha value is -2.72. The fraction of sp³-hybridized carbons (Fsp3) is 0.167. The lowest BCUT2D eigenvalue weighted by Crippen LogP contribution is -2.37. The normalized spacial score (nSPS) is 12.6. The molecule has 3 aromatic rings. The number of aromatic amines is 1. The highest BCUT2D eigenvalue weighted by Crippen LogP contribution is 2.34. The summed E-state index contributed by atoms with van der Waals surface area (Å²) in [4.78, 5) is 24.5. The zero-order valence-electron chi connectivity index (χ0n) is 14.8. The van der Waals surface area contributed by atoms with Gasteiger partial charge in [-0.25, -0.2) is 4.79 Å². The van der Waals surface area contributed by atoms with Gasteiger partial charge in [0.1, 0.15) is 0 Å². The molecule has 0 radical (unpaired) electrons. The second-order valence-electron chi connectivity index (χ2n) is 5.90. The minimum absolute atomic E-state index is 0.0379. The van der Waals surface area contributed by atoms with Gasteiger partial charge in [0, 0.05) is 12.1 Å². The van der Waals surface area contributed by atoms with E-state index in [-0.39, 0.29) is 15.7 Å².